The SMILES string of the molecule is CNc1ncnc(Oc2ccc(C(F)(F)F)cc2)c1Br. The molecule has 0 spiro atoms. The molecule has 0 atom stereocenters. The standard InChI is InChI=1S/C12H9BrF3N3O/c1-17-10-9(13)11(19-6-18-10)20-8-4-2-7(3-5-8)12(14,15)16/h2-6H,1H3,(H,17,18,19). The summed E-state index contributed by atoms with van der Waals surface area (Å²) in [7, 11) is 1.68. The fourth-order valence-corrected chi connectivity index (χ4v) is 1.91. The highest BCUT2D eigenvalue weighted by molar-refractivity contribution is 9.10. The van der Waals surface area contributed by atoms with Crippen molar-refractivity contribution in [2.24, 2.45) is 0 Å². The molecule has 0 saturated carbocycles. The number of halogens is 4. The lowest BCUT2D eigenvalue weighted by molar-refractivity contribution is -0.137. The van der Waals surface area contributed by atoms with Crippen LogP contribution in [-0.2, 0) is 6.18 Å². The minimum atomic E-state index is -4.37. The highest BCUT2D eigenvalue weighted by Crippen LogP contribution is 2.34. The molecule has 0 aliphatic rings. The van der Waals surface area contributed by atoms with Crippen molar-refractivity contribution in [3.63, 3.8) is 0 Å². The first-order valence-electron chi connectivity index (χ1n) is 5.45. The molecule has 1 heterocycles. The molecule has 0 fully saturated rings. The van der Waals surface area contributed by atoms with Crippen LogP contribution in [0.1, 0.15) is 5.56 Å². The highest BCUT2D eigenvalue weighted by atomic mass is 79.9. The number of alkyl halides is 3. The van der Waals surface area contributed by atoms with Gasteiger partial charge < -0.3 is 10.1 Å². The Kier molecular flexibility index (Phi) is 4.12. The summed E-state index contributed by atoms with van der Waals surface area (Å²) in [4.78, 5) is 7.86. The van der Waals surface area contributed by atoms with Crippen molar-refractivity contribution in [1.29, 1.82) is 0 Å². The number of hydrogen-bond donors (Lipinski definition) is 1. The van der Waals surface area contributed by atoms with Gasteiger partial charge >= 0.3 is 6.18 Å². The molecule has 1 N–H and O–H groups in total. The van der Waals surface area contributed by atoms with E-state index in [1.54, 1.807) is 7.05 Å². The average molecular weight is 348 g/mol. The molecular weight excluding hydrogens is 339 g/mol. The zero-order valence-corrected chi connectivity index (χ0v) is 11.8. The van der Waals surface area contributed by atoms with Gasteiger partial charge in [-0.1, -0.05) is 0 Å². The average Bonchev–Trinajstić information content (AvgIpc) is 2.41. The van der Waals surface area contributed by atoms with Crippen LogP contribution in [0.4, 0.5) is 19.0 Å². The third-order valence-electron chi connectivity index (χ3n) is 2.39. The first-order valence-corrected chi connectivity index (χ1v) is 6.24. The van der Waals surface area contributed by atoms with Crippen molar-refractivity contribution in [2.45, 2.75) is 6.18 Å². The molecule has 2 rings (SSSR count). The zero-order valence-electron chi connectivity index (χ0n) is 10.2. The molecule has 0 unspecified atom stereocenters. The summed E-state index contributed by atoms with van der Waals surface area (Å²) >= 11 is 3.25. The maximum Gasteiger partial charge on any atom is 0.416 e. The van der Waals surface area contributed by atoms with Gasteiger partial charge in [0.2, 0.25) is 5.88 Å². The topological polar surface area (TPSA) is 47.0 Å². The second-order valence-electron chi connectivity index (χ2n) is 3.72. The molecule has 1 aromatic carbocycles. The Balaban J connectivity index is 2.23. The van der Waals surface area contributed by atoms with E-state index in [1.807, 2.05) is 0 Å². The first kappa shape index (κ1) is 14.6. The number of nitrogens with one attached hydrogen (secondary N) is 1. The highest BCUT2D eigenvalue weighted by Gasteiger charge is 2.30. The third-order valence-corrected chi connectivity index (χ3v) is 3.11. The van der Waals surface area contributed by atoms with Gasteiger partial charge in [0, 0.05) is 7.05 Å². The van der Waals surface area contributed by atoms with Gasteiger partial charge in [-0.3, -0.25) is 0 Å². The molecule has 0 saturated heterocycles. The van der Waals surface area contributed by atoms with E-state index in [1.165, 1.54) is 18.5 Å². The maximum atomic E-state index is 12.4. The van der Waals surface area contributed by atoms with Gasteiger partial charge in [-0.05, 0) is 40.2 Å². The van der Waals surface area contributed by atoms with Crippen LogP contribution in [0, 0.1) is 0 Å². The summed E-state index contributed by atoms with van der Waals surface area (Å²) in [6.07, 6.45) is -3.08. The van der Waals surface area contributed by atoms with E-state index < -0.39 is 11.7 Å². The summed E-state index contributed by atoms with van der Waals surface area (Å²) in [6, 6.07) is 4.36. The predicted molar refractivity (Wildman–Crippen MR) is 70.8 cm³/mol. The van der Waals surface area contributed by atoms with E-state index in [2.05, 4.69) is 31.2 Å². The Hall–Kier alpha value is -1.83. The summed E-state index contributed by atoms with van der Waals surface area (Å²) in [5.74, 6) is 0.977. The Bertz CT molecular complexity index is 602. The lowest BCUT2D eigenvalue weighted by atomic mass is 10.2. The summed E-state index contributed by atoms with van der Waals surface area (Å²) in [5, 5.41) is 2.82. The monoisotopic (exact) mass is 347 g/mol. The van der Waals surface area contributed by atoms with E-state index in [4.69, 9.17) is 4.74 Å². The molecule has 20 heavy (non-hydrogen) atoms. The second-order valence-corrected chi connectivity index (χ2v) is 4.51. The molecule has 4 nitrogen and oxygen atoms in total. The van der Waals surface area contributed by atoms with Gasteiger partial charge in [0.05, 0.1) is 5.56 Å². The van der Waals surface area contributed by atoms with Crippen LogP contribution in [0.15, 0.2) is 35.1 Å². The molecule has 0 aliphatic carbocycles. The van der Waals surface area contributed by atoms with Gasteiger partial charge in [0.15, 0.2) is 0 Å². The van der Waals surface area contributed by atoms with Crippen molar-refractivity contribution in [2.75, 3.05) is 12.4 Å². The van der Waals surface area contributed by atoms with E-state index in [0.717, 1.165) is 12.1 Å². The number of ether oxygens (including phenoxy) is 1. The van der Waals surface area contributed by atoms with Crippen LogP contribution in [0.5, 0.6) is 11.6 Å². The second kappa shape index (κ2) is 5.66. The van der Waals surface area contributed by atoms with Crippen molar-refractivity contribution in [3.8, 4) is 11.6 Å². The molecule has 1 aromatic heterocycles. The fraction of sp³-hybridized carbons (Fsp3) is 0.167. The number of rotatable bonds is 3. The summed E-state index contributed by atoms with van der Waals surface area (Å²) < 4.78 is 43.2. The molecular formula is C12H9BrF3N3O. The molecule has 0 radical (unpaired) electrons. The van der Waals surface area contributed by atoms with Crippen LogP contribution in [0.3, 0.4) is 0 Å². The van der Waals surface area contributed by atoms with Crippen LogP contribution in [0.2, 0.25) is 0 Å². The largest absolute Gasteiger partial charge is 0.438 e. The van der Waals surface area contributed by atoms with Crippen molar-refractivity contribution in [1.82, 2.24) is 9.97 Å². The predicted octanol–water partition coefficient (Wildman–Crippen LogP) is 4.09. The quantitative estimate of drug-likeness (QED) is 0.908. The lowest BCUT2D eigenvalue weighted by Crippen LogP contribution is -2.04. The Morgan fingerprint density at radius 3 is 2.35 bits per heavy atom. The van der Waals surface area contributed by atoms with Crippen LogP contribution in [0.25, 0.3) is 0 Å². The third kappa shape index (κ3) is 3.19. The molecule has 8 heteroatoms. The van der Waals surface area contributed by atoms with E-state index in [-0.39, 0.29) is 11.6 Å². The van der Waals surface area contributed by atoms with Gasteiger partial charge in [0.25, 0.3) is 0 Å². The molecule has 0 amide bonds. The van der Waals surface area contributed by atoms with Crippen LogP contribution in [-0.4, -0.2) is 17.0 Å². The van der Waals surface area contributed by atoms with E-state index >= 15 is 0 Å². The smallest absolute Gasteiger partial charge is 0.416 e. The molecule has 106 valence electrons. The van der Waals surface area contributed by atoms with Crippen LogP contribution >= 0.6 is 15.9 Å². The Labute approximate surface area is 121 Å². The number of anilines is 1. The van der Waals surface area contributed by atoms with Gasteiger partial charge in [-0.25, -0.2) is 9.97 Å². The Morgan fingerprint density at radius 1 is 1.15 bits per heavy atom. The molecule has 0 aliphatic heterocycles. The number of hydrogen-bond acceptors (Lipinski definition) is 4. The Morgan fingerprint density at radius 2 is 1.80 bits per heavy atom. The fourth-order valence-electron chi connectivity index (χ4n) is 1.42. The van der Waals surface area contributed by atoms with E-state index in [0.29, 0.717) is 10.3 Å². The van der Waals surface area contributed by atoms with Crippen LogP contribution < -0.4 is 10.1 Å². The van der Waals surface area contributed by atoms with Crippen molar-refractivity contribution in [3.05, 3.63) is 40.6 Å². The van der Waals surface area contributed by atoms with Gasteiger partial charge in [0.1, 0.15) is 22.4 Å². The van der Waals surface area contributed by atoms with E-state index in [9.17, 15) is 13.2 Å². The normalized spacial score (nSPS) is 11.2. The number of aromatic nitrogens is 2. The summed E-state index contributed by atoms with van der Waals surface area (Å²) in [6.45, 7) is 0. The number of benzene rings is 1. The van der Waals surface area contributed by atoms with Gasteiger partial charge in [-0.15, -0.1) is 0 Å². The van der Waals surface area contributed by atoms with Gasteiger partial charge in [-0.2, -0.15) is 13.2 Å². The zero-order chi connectivity index (χ0) is 14.8. The summed E-state index contributed by atoms with van der Waals surface area (Å²) in [5.41, 5.74) is -0.734. The molecule has 0 bridgehead atoms. The van der Waals surface area contributed by atoms with Crippen molar-refractivity contribution < 1.29 is 17.9 Å². The molecule has 2 aromatic rings. The first-order chi connectivity index (χ1) is 9.41. The maximum absolute atomic E-state index is 12.4. The minimum absolute atomic E-state index is 0.212. The number of nitrogens with zero attached hydrogens (tertiary/aromatic N) is 2. The van der Waals surface area contributed by atoms with Crippen molar-refractivity contribution >= 4 is 21.7 Å². The minimum Gasteiger partial charge on any atom is -0.438 e. The lowest BCUT2D eigenvalue weighted by Gasteiger charge is -2.10.